The van der Waals surface area contributed by atoms with E-state index in [2.05, 4.69) is 0 Å². The summed E-state index contributed by atoms with van der Waals surface area (Å²) in [5.74, 6) is -0.773. The number of unbranched alkanes of at least 4 members (excludes halogenated alkanes) is 1. The molecule has 3 heteroatoms. The Bertz CT molecular complexity index is 330. The SMILES string of the molecule is Cc1ccc(C(O)CCCCC(=O)O)cc1. The van der Waals surface area contributed by atoms with Gasteiger partial charge in [0, 0.05) is 6.42 Å². The summed E-state index contributed by atoms with van der Waals surface area (Å²) in [6.07, 6.45) is 1.69. The minimum atomic E-state index is -0.773. The number of carbonyl (C=O) groups is 1. The average Bonchev–Trinajstić information content (AvgIpc) is 2.25. The number of hydrogen-bond donors (Lipinski definition) is 2. The largest absolute Gasteiger partial charge is 0.481 e. The number of aliphatic hydroxyl groups excluding tert-OH is 1. The molecule has 0 amide bonds. The van der Waals surface area contributed by atoms with E-state index in [9.17, 15) is 9.90 Å². The highest BCUT2D eigenvalue weighted by molar-refractivity contribution is 5.66. The van der Waals surface area contributed by atoms with Crippen LogP contribution in [0.5, 0.6) is 0 Å². The van der Waals surface area contributed by atoms with Crippen LogP contribution in [0.4, 0.5) is 0 Å². The van der Waals surface area contributed by atoms with Crippen LogP contribution in [-0.2, 0) is 4.79 Å². The van der Waals surface area contributed by atoms with Gasteiger partial charge in [0.25, 0.3) is 0 Å². The standard InChI is InChI=1S/C13H18O3/c1-10-6-8-11(9-7-10)12(14)4-2-3-5-13(15)16/h6-9,12,14H,2-5H2,1H3,(H,15,16). The smallest absolute Gasteiger partial charge is 0.303 e. The molecule has 0 heterocycles. The van der Waals surface area contributed by atoms with Crippen LogP contribution in [0.15, 0.2) is 24.3 Å². The molecule has 1 aromatic rings. The van der Waals surface area contributed by atoms with Crippen molar-refractivity contribution in [2.45, 2.75) is 38.7 Å². The molecule has 0 aliphatic rings. The van der Waals surface area contributed by atoms with Gasteiger partial charge in [-0.3, -0.25) is 4.79 Å². The lowest BCUT2D eigenvalue weighted by Gasteiger charge is -2.10. The first-order valence-electron chi connectivity index (χ1n) is 5.56. The molecule has 0 bridgehead atoms. The maximum atomic E-state index is 10.3. The van der Waals surface area contributed by atoms with E-state index >= 15 is 0 Å². The highest BCUT2D eigenvalue weighted by atomic mass is 16.4. The van der Waals surface area contributed by atoms with Crippen molar-refractivity contribution in [3.63, 3.8) is 0 Å². The number of benzene rings is 1. The van der Waals surface area contributed by atoms with Gasteiger partial charge in [-0.25, -0.2) is 0 Å². The molecule has 0 fully saturated rings. The highest BCUT2D eigenvalue weighted by Gasteiger charge is 2.07. The number of aliphatic carboxylic acids is 1. The number of aryl methyl sites for hydroxylation is 1. The Morgan fingerprint density at radius 1 is 1.25 bits per heavy atom. The Kier molecular flexibility index (Phi) is 4.99. The van der Waals surface area contributed by atoms with Gasteiger partial charge in [-0.1, -0.05) is 29.8 Å². The zero-order valence-corrected chi connectivity index (χ0v) is 9.52. The fourth-order valence-electron chi connectivity index (χ4n) is 1.57. The van der Waals surface area contributed by atoms with Gasteiger partial charge in [0.2, 0.25) is 0 Å². The molecule has 1 unspecified atom stereocenters. The molecule has 0 radical (unpaired) electrons. The summed E-state index contributed by atoms with van der Waals surface area (Å²) in [6.45, 7) is 2.00. The van der Waals surface area contributed by atoms with Crippen molar-refractivity contribution < 1.29 is 15.0 Å². The van der Waals surface area contributed by atoms with Gasteiger partial charge in [-0.15, -0.1) is 0 Å². The lowest BCUT2D eigenvalue weighted by atomic mass is 10.0. The third-order valence-electron chi connectivity index (χ3n) is 2.58. The van der Waals surface area contributed by atoms with E-state index in [0.29, 0.717) is 12.8 Å². The van der Waals surface area contributed by atoms with Crippen molar-refractivity contribution in [1.29, 1.82) is 0 Å². The molecule has 1 aromatic carbocycles. The summed E-state index contributed by atoms with van der Waals surface area (Å²) in [5.41, 5.74) is 2.07. The van der Waals surface area contributed by atoms with Crippen molar-refractivity contribution in [2.75, 3.05) is 0 Å². The van der Waals surface area contributed by atoms with Crippen molar-refractivity contribution in [3.8, 4) is 0 Å². The molecule has 88 valence electrons. The van der Waals surface area contributed by atoms with Crippen molar-refractivity contribution >= 4 is 5.97 Å². The average molecular weight is 222 g/mol. The Morgan fingerprint density at radius 3 is 2.44 bits per heavy atom. The Balaban J connectivity index is 2.32. The lowest BCUT2D eigenvalue weighted by molar-refractivity contribution is -0.137. The number of hydrogen-bond acceptors (Lipinski definition) is 2. The van der Waals surface area contributed by atoms with E-state index < -0.39 is 12.1 Å². The maximum Gasteiger partial charge on any atom is 0.303 e. The first kappa shape index (κ1) is 12.7. The molecule has 1 rings (SSSR count). The first-order valence-corrected chi connectivity index (χ1v) is 5.56. The summed E-state index contributed by atoms with van der Waals surface area (Å²) in [7, 11) is 0. The maximum absolute atomic E-state index is 10.3. The van der Waals surface area contributed by atoms with Crippen LogP contribution >= 0.6 is 0 Å². The second kappa shape index (κ2) is 6.28. The quantitative estimate of drug-likeness (QED) is 0.727. The van der Waals surface area contributed by atoms with Crippen molar-refractivity contribution in [1.82, 2.24) is 0 Å². The predicted molar refractivity (Wildman–Crippen MR) is 62.2 cm³/mol. The highest BCUT2D eigenvalue weighted by Crippen LogP contribution is 2.19. The molecular formula is C13H18O3. The zero-order valence-electron chi connectivity index (χ0n) is 9.52. The molecule has 3 nitrogen and oxygen atoms in total. The van der Waals surface area contributed by atoms with Gasteiger partial charge in [0.05, 0.1) is 6.10 Å². The third-order valence-corrected chi connectivity index (χ3v) is 2.58. The van der Waals surface area contributed by atoms with E-state index in [4.69, 9.17) is 5.11 Å². The van der Waals surface area contributed by atoms with Crippen LogP contribution in [0.1, 0.15) is 42.9 Å². The molecule has 0 aliphatic heterocycles. The molecule has 0 saturated heterocycles. The second-order valence-corrected chi connectivity index (χ2v) is 4.07. The van der Waals surface area contributed by atoms with E-state index in [1.54, 1.807) is 0 Å². The fourth-order valence-corrected chi connectivity index (χ4v) is 1.57. The van der Waals surface area contributed by atoms with Gasteiger partial charge in [-0.05, 0) is 31.7 Å². The molecule has 2 N–H and O–H groups in total. The molecule has 1 atom stereocenters. The molecule has 0 saturated carbocycles. The molecule has 0 aromatic heterocycles. The van der Waals surface area contributed by atoms with E-state index in [1.165, 1.54) is 5.56 Å². The third kappa shape index (κ3) is 4.45. The Labute approximate surface area is 95.7 Å². The monoisotopic (exact) mass is 222 g/mol. The number of carboxylic acids is 1. The predicted octanol–water partition coefficient (Wildman–Crippen LogP) is 2.67. The lowest BCUT2D eigenvalue weighted by Crippen LogP contribution is -1.99. The van der Waals surface area contributed by atoms with Crippen LogP contribution in [0.2, 0.25) is 0 Å². The summed E-state index contributed by atoms with van der Waals surface area (Å²) in [6, 6.07) is 7.76. The van der Waals surface area contributed by atoms with Crippen molar-refractivity contribution in [2.24, 2.45) is 0 Å². The zero-order chi connectivity index (χ0) is 12.0. The van der Waals surface area contributed by atoms with Gasteiger partial charge >= 0.3 is 5.97 Å². The summed E-state index contributed by atoms with van der Waals surface area (Å²) >= 11 is 0. The van der Waals surface area contributed by atoms with Gasteiger partial charge in [0.15, 0.2) is 0 Å². The Morgan fingerprint density at radius 2 is 1.88 bits per heavy atom. The molecule has 16 heavy (non-hydrogen) atoms. The normalized spacial score (nSPS) is 12.4. The minimum Gasteiger partial charge on any atom is -0.481 e. The van der Waals surface area contributed by atoms with E-state index in [-0.39, 0.29) is 6.42 Å². The summed E-state index contributed by atoms with van der Waals surface area (Å²) in [5, 5.41) is 18.3. The Hall–Kier alpha value is -1.35. The fraction of sp³-hybridized carbons (Fsp3) is 0.462. The number of carboxylic acid groups (broad SMARTS) is 1. The van der Waals surface area contributed by atoms with Crippen LogP contribution in [0.25, 0.3) is 0 Å². The van der Waals surface area contributed by atoms with E-state index in [0.717, 1.165) is 12.0 Å². The van der Waals surface area contributed by atoms with Gasteiger partial charge < -0.3 is 10.2 Å². The minimum absolute atomic E-state index is 0.181. The summed E-state index contributed by atoms with van der Waals surface area (Å²) in [4.78, 5) is 10.3. The van der Waals surface area contributed by atoms with Gasteiger partial charge in [0.1, 0.15) is 0 Å². The van der Waals surface area contributed by atoms with Crippen molar-refractivity contribution in [3.05, 3.63) is 35.4 Å². The van der Waals surface area contributed by atoms with Crippen LogP contribution in [0.3, 0.4) is 0 Å². The summed E-state index contributed by atoms with van der Waals surface area (Å²) < 4.78 is 0. The molecular weight excluding hydrogens is 204 g/mol. The molecule has 0 spiro atoms. The van der Waals surface area contributed by atoms with Gasteiger partial charge in [-0.2, -0.15) is 0 Å². The van der Waals surface area contributed by atoms with Crippen LogP contribution in [-0.4, -0.2) is 16.2 Å². The second-order valence-electron chi connectivity index (χ2n) is 4.07. The first-order chi connectivity index (χ1) is 7.59. The van der Waals surface area contributed by atoms with Crippen LogP contribution < -0.4 is 0 Å². The topological polar surface area (TPSA) is 57.5 Å². The molecule has 0 aliphatic carbocycles. The van der Waals surface area contributed by atoms with Crippen LogP contribution in [0, 0.1) is 6.92 Å². The number of aliphatic hydroxyl groups is 1. The van der Waals surface area contributed by atoms with E-state index in [1.807, 2.05) is 31.2 Å². The number of rotatable bonds is 6.